The average molecular weight is 1010 g/mol. The normalized spacial score (nSPS) is 12.3. The Bertz CT molecular complexity index is 1250. The van der Waals surface area contributed by atoms with Gasteiger partial charge in [-0.3, -0.25) is 14.4 Å². The van der Waals surface area contributed by atoms with E-state index >= 15 is 0 Å². The van der Waals surface area contributed by atoms with Crippen molar-refractivity contribution in [1.29, 1.82) is 0 Å². The van der Waals surface area contributed by atoms with E-state index in [1.807, 2.05) is 0 Å². The number of unbranched alkanes of at least 4 members (excludes halogenated alkanes) is 39. The molecule has 0 amide bonds. The van der Waals surface area contributed by atoms with Crippen LogP contribution in [0.2, 0.25) is 0 Å². The quantitative estimate of drug-likeness (QED) is 0.0261. The summed E-state index contributed by atoms with van der Waals surface area (Å²) in [4.78, 5) is 38.2. The fourth-order valence-electron chi connectivity index (χ4n) is 9.23. The van der Waals surface area contributed by atoms with Crippen LogP contribution in [0.1, 0.15) is 335 Å². The molecule has 6 nitrogen and oxygen atoms in total. The highest BCUT2D eigenvalue weighted by molar-refractivity contribution is 5.71. The fraction of sp³-hybridized carbons (Fsp3) is 0.833. The van der Waals surface area contributed by atoms with Crippen LogP contribution in [-0.2, 0) is 28.6 Å². The molecule has 0 rings (SSSR count). The van der Waals surface area contributed by atoms with Crippen molar-refractivity contribution in [3.63, 3.8) is 0 Å². The Kier molecular flexibility index (Phi) is 58.7. The number of carbonyl (C=O) groups excluding carboxylic acids is 3. The molecule has 0 heterocycles. The van der Waals surface area contributed by atoms with Crippen molar-refractivity contribution >= 4 is 17.9 Å². The zero-order valence-electron chi connectivity index (χ0n) is 48.2. The molecule has 0 fully saturated rings. The number of rotatable bonds is 58. The molecule has 1 atom stereocenters. The SMILES string of the molecule is CCCCCC/C=C\C/C=C\CCCCCCCC(=O)OC(COC(=O)CCCCCCC/C=C\CCCCCC)COC(=O)CCCCCCCCCCCCCCC/C=C\CCCCCCCCCC. The van der Waals surface area contributed by atoms with Gasteiger partial charge in [0.15, 0.2) is 6.10 Å². The van der Waals surface area contributed by atoms with Gasteiger partial charge in [0.1, 0.15) is 13.2 Å². The van der Waals surface area contributed by atoms with E-state index in [0.29, 0.717) is 19.3 Å². The van der Waals surface area contributed by atoms with Crippen LogP contribution in [0.4, 0.5) is 0 Å². The van der Waals surface area contributed by atoms with E-state index < -0.39 is 6.10 Å². The van der Waals surface area contributed by atoms with Gasteiger partial charge >= 0.3 is 17.9 Å². The maximum absolute atomic E-state index is 12.9. The van der Waals surface area contributed by atoms with Gasteiger partial charge in [-0.1, -0.05) is 262 Å². The molecular weight excluding hydrogens is 889 g/mol. The molecule has 0 N–H and O–H groups in total. The van der Waals surface area contributed by atoms with Gasteiger partial charge in [0, 0.05) is 19.3 Å². The first kappa shape index (κ1) is 69.4. The Labute approximate surface area is 448 Å². The second kappa shape index (κ2) is 60.9. The molecule has 0 spiro atoms. The second-order valence-electron chi connectivity index (χ2n) is 21.3. The van der Waals surface area contributed by atoms with E-state index in [1.165, 1.54) is 205 Å². The maximum atomic E-state index is 12.9. The predicted molar refractivity (Wildman–Crippen MR) is 312 cm³/mol. The molecule has 0 aromatic rings. The van der Waals surface area contributed by atoms with E-state index in [9.17, 15) is 14.4 Å². The number of hydrogen-bond acceptors (Lipinski definition) is 6. The number of ether oxygens (including phenoxy) is 3. The molecular formula is C66H120O6. The smallest absolute Gasteiger partial charge is 0.306 e. The highest BCUT2D eigenvalue weighted by atomic mass is 16.6. The summed E-state index contributed by atoms with van der Waals surface area (Å²) in [6, 6.07) is 0. The second-order valence-corrected chi connectivity index (χ2v) is 21.3. The summed E-state index contributed by atoms with van der Waals surface area (Å²) in [7, 11) is 0. The Morgan fingerprint density at radius 2 is 0.500 bits per heavy atom. The van der Waals surface area contributed by atoms with Crippen LogP contribution in [0.5, 0.6) is 0 Å². The van der Waals surface area contributed by atoms with E-state index in [2.05, 4.69) is 69.4 Å². The third kappa shape index (κ3) is 58.3. The highest BCUT2D eigenvalue weighted by Crippen LogP contribution is 2.16. The average Bonchev–Trinajstić information content (AvgIpc) is 3.38. The van der Waals surface area contributed by atoms with Crippen LogP contribution in [0.25, 0.3) is 0 Å². The number of esters is 3. The molecule has 0 saturated heterocycles. The van der Waals surface area contributed by atoms with Crippen molar-refractivity contribution in [2.24, 2.45) is 0 Å². The Morgan fingerprint density at radius 3 is 0.792 bits per heavy atom. The van der Waals surface area contributed by atoms with Crippen LogP contribution < -0.4 is 0 Å². The molecule has 0 aliphatic rings. The van der Waals surface area contributed by atoms with Gasteiger partial charge in [-0.25, -0.2) is 0 Å². The first-order valence-corrected chi connectivity index (χ1v) is 31.6. The van der Waals surface area contributed by atoms with Gasteiger partial charge in [0.2, 0.25) is 0 Å². The molecule has 0 bridgehead atoms. The van der Waals surface area contributed by atoms with Crippen molar-refractivity contribution in [3.05, 3.63) is 48.6 Å². The van der Waals surface area contributed by atoms with Crippen LogP contribution in [-0.4, -0.2) is 37.2 Å². The summed E-state index contributed by atoms with van der Waals surface area (Å²) in [6.07, 6.45) is 75.5. The Hall–Kier alpha value is -2.63. The predicted octanol–water partition coefficient (Wildman–Crippen LogP) is 21.4. The van der Waals surface area contributed by atoms with E-state index in [4.69, 9.17) is 14.2 Å². The summed E-state index contributed by atoms with van der Waals surface area (Å²) >= 11 is 0. The minimum absolute atomic E-state index is 0.0793. The molecule has 420 valence electrons. The summed E-state index contributed by atoms with van der Waals surface area (Å²) in [6.45, 7) is 6.63. The molecule has 0 aromatic heterocycles. The topological polar surface area (TPSA) is 78.9 Å². The van der Waals surface area contributed by atoms with E-state index in [1.54, 1.807) is 0 Å². The lowest BCUT2D eigenvalue weighted by Crippen LogP contribution is -2.30. The zero-order valence-corrected chi connectivity index (χ0v) is 48.2. The van der Waals surface area contributed by atoms with Crippen LogP contribution in [0.15, 0.2) is 48.6 Å². The number of carbonyl (C=O) groups is 3. The van der Waals surface area contributed by atoms with E-state index in [-0.39, 0.29) is 31.1 Å². The standard InChI is InChI=1S/C66H120O6/c1-4-7-10-13-16-19-22-25-27-29-30-31-32-33-34-35-36-37-39-41-44-47-50-53-56-59-65(68)71-62-63(61-70-64(67)58-55-52-49-46-43-40-24-21-18-15-12-9-6-3)72-66(69)60-57-54-51-48-45-42-38-28-26-23-20-17-14-11-8-5-2/h20-21,23-24,28-30,38,63H,4-19,22,25-27,31-37,39-62H2,1-3H3/b23-20-,24-21-,30-29-,38-28-. The molecule has 1 unspecified atom stereocenters. The third-order valence-electron chi connectivity index (χ3n) is 14.0. The van der Waals surface area contributed by atoms with Gasteiger partial charge in [0.05, 0.1) is 0 Å². The van der Waals surface area contributed by atoms with Crippen LogP contribution in [0, 0.1) is 0 Å². The van der Waals surface area contributed by atoms with Gasteiger partial charge in [-0.15, -0.1) is 0 Å². The lowest BCUT2D eigenvalue weighted by Gasteiger charge is -2.18. The highest BCUT2D eigenvalue weighted by Gasteiger charge is 2.19. The van der Waals surface area contributed by atoms with Crippen LogP contribution in [0.3, 0.4) is 0 Å². The Balaban J connectivity index is 4.27. The lowest BCUT2D eigenvalue weighted by molar-refractivity contribution is -0.167. The third-order valence-corrected chi connectivity index (χ3v) is 14.0. The first-order chi connectivity index (χ1) is 35.5. The molecule has 0 aliphatic heterocycles. The maximum Gasteiger partial charge on any atom is 0.306 e. The first-order valence-electron chi connectivity index (χ1n) is 31.6. The van der Waals surface area contributed by atoms with Crippen molar-refractivity contribution in [2.75, 3.05) is 13.2 Å². The minimum Gasteiger partial charge on any atom is -0.462 e. The summed E-state index contributed by atoms with van der Waals surface area (Å²) < 4.78 is 16.9. The van der Waals surface area contributed by atoms with Gasteiger partial charge in [0.25, 0.3) is 0 Å². The monoisotopic (exact) mass is 1010 g/mol. The number of allylic oxidation sites excluding steroid dienone is 8. The fourth-order valence-corrected chi connectivity index (χ4v) is 9.23. The largest absolute Gasteiger partial charge is 0.462 e. The van der Waals surface area contributed by atoms with Crippen molar-refractivity contribution in [2.45, 2.75) is 341 Å². The molecule has 0 aliphatic carbocycles. The van der Waals surface area contributed by atoms with E-state index in [0.717, 1.165) is 89.9 Å². The Morgan fingerprint density at radius 1 is 0.278 bits per heavy atom. The zero-order chi connectivity index (χ0) is 52.2. The van der Waals surface area contributed by atoms with Crippen molar-refractivity contribution in [1.82, 2.24) is 0 Å². The minimum atomic E-state index is -0.783. The van der Waals surface area contributed by atoms with Crippen molar-refractivity contribution < 1.29 is 28.6 Å². The number of hydrogen-bond donors (Lipinski definition) is 0. The van der Waals surface area contributed by atoms with Gasteiger partial charge in [-0.2, -0.15) is 0 Å². The van der Waals surface area contributed by atoms with Crippen LogP contribution >= 0.6 is 0 Å². The van der Waals surface area contributed by atoms with Crippen molar-refractivity contribution in [3.8, 4) is 0 Å². The summed E-state index contributed by atoms with van der Waals surface area (Å²) in [5.41, 5.74) is 0. The molecule has 0 saturated carbocycles. The summed E-state index contributed by atoms with van der Waals surface area (Å²) in [5, 5.41) is 0. The summed E-state index contributed by atoms with van der Waals surface area (Å²) in [5.74, 6) is -0.886. The molecule has 72 heavy (non-hydrogen) atoms. The molecule has 0 aromatic carbocycles. The molecule has 0 radical (unpaired) electrons. The molecule has 6 heteroatoms. The lowest BCUT2D eigenvalue weighted by atomic mass is 10.0. The van der Waals surface area contributed by atoms with Gasteiger partial charge < -0.3 is 14.2 Å². The van der Waals surface area contributed by atoms with Gasteiger partial charge in [-0.05, 0) is 103 Å².